The summed E-state index contributed by atoms with van der Waals surface area (Å²) in [7, 11) is 0. The highest BCUT2D eigenvalue weighted by atomic mass is 32.2. The maximum absolute atomic E-state index is 11.9. The van der Waals surface area contributed by atoms with Gasteiger partial charge in [0.25, 0.3) is 0 Å². The van der Waals surface area contributed by atoms with Gasteiger partial charge in [-0.2, -0.15) is 0 Å². The number of amides is 2. The molecule has 1 aromatic heterocycles. The Morgan fingerprint density at radius 1 is 1.21 bits per heavy atom. The van der Waals surface area contributed by atoms with E-state index in [-0.39, 0.29) is 29.4 Å². The van der Waals surface area contributed by atoms with Crippen LogP contribution in [0.1, 0.15) is 12.5 Å². The van der Waals surface area contributed by atoms with Crippen molar-refractivity contribution >= 4 is 29.3 Å². The molecular weight excluding hydrogens is 324 g/mol. The number of nitrogens with one attached hydrogen (secondary N) is 2. The molecule has 0 aliphatic rings. The number of thioether (sulfide) groups is 1. The summed E-state index contributed by atoms with van der Waals surface area (Å²) in [6, 6.07) is 7.62. The number of carbonyl (C=O) groups is 2. The van der Waals surface area contributed by atoms with E-state index in [0.29, 0.717) is 6.54 Å². The van der Waals surface area contributed by atoms with Crippen molar-refractivity contribution in [3.63, 3.8) is 0 Å². The van der Waals surface area contributed by atoms with Gasteiger partial charge in [0.1, 0.15) is 0 Å². The van der Waals surface area contributed by atoms with Gasteiger partial charge in [-0.1, -0.05) is 17.7 Å². The van der Waals surface area contributed by atoms with E-state index in [1.807, 2.05) is 48.9 Å². The highest BCUT2D eigenvalue weighted by Gasteiger charge is 2.09. The fraction of sp³-hybridized carbons (Fsp3) is 0.353. The normalized spacial score (nSPS) is 11.8. The number of aryl methyl sites for hydroxylation is 1. The van der Waals surface area contributed by atoms with Gasteiger partial charge in [-0.25, -0.2) is 4.98 Å². The second-order valence-electron chi connectivity index (χ2n) is 5.64. The summed E-state index contributed by atoms with van der Waals surface area (Å²) in [5.41, 5.74) is 1.91. The van der Waals surface area contributed by atoms with Crippen molar-refractivity contribution < 1.29 is 9.59 Å². The summed E-state index contributed by atoms with van der Waals surface area (Å²) < 4.78 is 1.91. The smallest absolute Gasteiger partial charge is 0.234 e. The topological polar surface area (TPSA) is 76.0 Å². The first-order valence-corrected chi connectivity index (χ1v) is 8.88. The predicted molar refractivity (Wildman–Crippen MR) is 97.0 cm³/mol. The van der Waals surface area contributed by atoms with Gasteiger partial charge >= 0.3 is 0 Å². The highest BCUT2D eigenvalue weighted by molar-refractivity contribution is 8.00. The molecule has 1 atom stereocenters. The van der Waals surface area contributed by atoms with Crippen LogP contribution >= 0.6 is 11.8 Å². The third kappa shape index (κ3) is 6.45. The minimum absolute atomic E-state index is 0.00804. The molecule has 6 nitrogen and oxygen atoms in total. The lowest BCUT2D eigenvalue weighted by Gasteiger charge is -2.14. The summed E-state index contributed by atoms with van der Waals surface area (Å²) in [5.74, 6) is 0.325. The van der Waals surface area contributed by atoms with Crippen LogP contribution in [0.2, 0.25) is 0 Å². The fourth-order valence-electron chi connectivity index (χ4n) is 2.14. The number of rotatable bonds is 8. The second-order valence-corrected chi connectivity index (χ2v) is 6.62. The van der Waals surface area contributed by atoms with E-state index in [2.05, 4.69) is 15.6 Å². The standard InChI is InChI=1S/C17H22N4O2S/c1-13-3-5-15(6-4-13)20-17(23)11-24-10-16(22)19-14(2)9-21-8-7-18-12-21/h3-8,12,14H,9-11H2,1-2H3,(H,19,22)(H,20,23)/t14-/m1/s1. The molecule has 0 saturated heterocycles. The molecule has 0 unspecified atom stereocenters. The zero-order valence-corrected chi connectivity index (χ0v) is 14.7. The Morgan fingerprint density at radius 2 is 1.92 bits per heavy atom. The van der Waals surface area contributed by atoms with Crippen LogP contribution in [-0.2, 0) is 16.1 Å². The first kappa shape index (κ1) is 18.1. The van der Waals surface area contributed by atoms with Gasteiger partial charge in [0.2, 0.25) is 11.8 Å². The molecule has 2 amide bonds. The maximum atomic E-state index is 11.9. The Hall–Kier alpha value is -2.28. The molecule has 7 heteroatoms. The fourth-order valence-corrected chi connectivity index (χ4v) is 2.77. The molecule has 0 aliphatic heterocycles. The van der Waals surface area contributed by atoms with Crippen LogP contribution in [0.3, 0.4) is 0 Å². The van der Waals surface area contributed by atoms with Crippen molar-refractivity contribution in [2.75, 3.05) is 16.8 Å². The van der Waals surface area contributed by atoms with Crippen LogP contribution in [0.4, 0.5) is 5.69 Å². The molecule has 0 aliphatic carbocycles. The molecule has 0 saturated carbocycles. The molecule has 1 heterocycles. The molecule has 128 valence electrons. The first-order chi connectivity index (χ1) is 11.5. The molecule has 2 N–H and O–H groups in total. The van der Waals surface area contributed by atoms with Crippen molar-refractivity contribution in [2.45, 2.75) is 26.4 Å². The monoisotopic (exact) mass is 346 g/mol. The number of benzene rings is 1. The van der Waals surface area contributed by atoms with Gasteiger partial charge in [-0.05, 0) is 26.0 Å². The van der Waals surface area contributed by atoms with Gasteiger partial charge in [0, 0.05) is 30.7 Å². The van der Waals surface area contributed by atoms with Crippen LogP contribution in [0, 0.1) is 6.92 Å². The SMILES string of the molecule is Cc1ccc(NC(=O)CSCC(=O)N[C@H](C)Cn2ccnc2)cc1. The number of imidazole rings is 1. The predicted octanol–water partition coefficient (Wildman–Crippen LogP) is 2.07. The number of hydrogen-bond donors (Lipinski definition) is 2. The van der Waals surface area contributed by atoms with Crippen LogP contribution in [0.5, 0.6) is 0 Å². The summed E-state index contributed by atoms with van der Waals surface area (Å²) in [5, 5.41) is 5.72. The lowest BCUT2D eigenvalue weighted by Crippen LogP contribution is -2.36. The molecule has 2 aromatic rings. The average Bonchev–Trinajstić information content (AvgIpc) is 3.02. The minimum atomic E-state index is -0.108. The number of nitrogens with zero attached hydrogens (tertiary/aromatic N) is 2. The third-order valence-electron chi connectivity index (χ3n) is 3.25. The van der Waals surface area contributed by atoms with E-state index in [4.69, 9.17) is 0 Å². The molecule has 0 bridgehead atoms. The van der Waals surface area contributed by atoms with Gasteiger partial charge in [0.15, 0.2) is 0 Å². The Bertz CT molecular complexity index is 656. The zero-order valence-electron chi connectivity index (χ0n) is 13.9. The van der Waals surface area contributed by atoms with E-state index < -0.39 is 0 Å². The van der Waals surface area contributed by atoms with Crippen LogP contribution in [0.15, 0.2) is 43.0 Å². The number of anilines is 1. The number of aromatic nitrogens is 2. The van der Waals surface area contributed by atoms with Gasteiger partial charge in [0.05, 0.1) is 17.8 Å². The Balaban J connectivity index is 1.62. The Morgan fingerprint density at radius 3 is 2.58 bits per heavy atom. The van der Waals surface area contributed by atoms with Gasteiger partial charge < -0.3 is 15.2 Å². The molecule has 0 spiro atoms. The van der Waals surface area contributed by atoms with Crippen molar-refractivity contribution in [3.05, 3.63) is 48.5 Å². The van der Waals surface area contributed by atoms with E-state index in [0.717, 1.165) is 11.3 Å². The van der Waals surface area contributed by atoms with Crippen molar-refractivity contribution in [1.29, 1.82) is 0 Å². The van der Waals surface area contributed by atoms with E-state index in [1.54, 1.807) is 12.5 Å². The highest BCUT2D eigenvalue weighted by Crippen LogP contribution is 2.09. The maximum Gasteiger partial charge on any atom is 0.234 e. The summed E-state index contributed by atoms with van der Waals surface area (Å²) in [4.78, 5) is 27.7. The molecule has 0 fully saturated rings. The van der Waals surface area contributed by atoms with Gasteiger partial charge in [-0.15, -0.1) is 11.8 Å². The minimum Gasteiger partial charge on any atom is -0.351 e. The lowest BCUT2D eigenvalue weighted by molar-refractivity contribution is -0.119. The Kier molecular flexibility index (Phi) is 6.87. The largest absolute Gasteiger partial charge is 0.351 e. The average molecular weight is 346 g/mol. The van der Waals surface area contributed by atoms with Crippen LogP contribution in [-0.4, -0.2) is 38.9 Å². The molecular formula is C17H22N4O2S. The third-order valence-corrected chi connectivity index (χ3v) is 4.19. The molecule has 1 aromatic carbocycles. The number of carbonyl (C=O) groups excluding carboxylic acids is 2. The number of hydrogen-bond acceptors (Lipinski definition) is 4. The van der Waals surface area contributed by atoms with Crippen LogP contribution in [0.25, 0.3) is 0 Å². The van der Waals surface area contributed by atoms with E-state index in [9.17, 15) is 9.59 Å². The van der Waals surface area contributed by atoms with E-state index in [1.165, 1.54) is 11.8 Å². The first-order valence-electron chi connectivity index (χ1n) is 7.72. The summed E-state index contributed by atoms with van der Waals surface area (Å²) in [6.45, 7) is 4.60. The molecule has 2 rings (SSSR count). The Labute approximate surface area is 146 Å². The second kappa shape index (κ2) is 9.12. The lowest BCUT2D eigenvalue weighted by atomic mass is 10.2. The van der Waals surface area contributed by atoms with Crippen molar-refractivity contribution in [2.24, 2.45) is 0 Å². The quantitative estimate of drug-likeness (QED) is 0.767. The van der Waals surface area contributed by atoms with Gasteiger partial charge in [-0.3, -0.25) is 9.59 Å². The van der Waals surface area contributed by atoms with Crippen LogP contribution < -0.4 is 10.6 Å². The van der Waals surface area contributed by atoms with Crippen molar-refractivity contribution in [3.8, 4) is 0 Å². The molecule has 0 radical (unpaired) electrons. The molecule has 24 heavy (non-hydrogen) atoms. The zero-order chi connectivity index (χ0) is 17.4. The summed E-state index contributed by atoms with van der Waals surface area (Å²) in [6.07, 6.45) is 5.27. The van der Waals surface area contributed by atoms with Crippen molar-refractivity contribution in [1.82, 2.24) is 14.9 Å². The summed E-state index contributed by atoms with van der Waals surface area (Å²) >= 11 is 1.30. The van der Waals surface area contributed by atoms with E-state index >= 15 is 0 Å².